The summed E-state index contributed by atoms with van der Waals surface area (Å²) in [6.07, 6.45) is 0.135. The first-order valence-corrected chi connectivity index (χ1v) is 5.73. The highest BCUT2D eigenvalue weighted by Gasteiger charge is 2.14. The van der Waals surface area contributed by atoms with Gasteiger partial charge in [0.05, 0.1) is 7.11 Å². The van der Waals surface area contributed by atoms with E-state index in [2.05, 4.69) is 0 Å². The number of carbonyl (C=O) groups is 1. The molecule has 2 aromatic carbocycles. The Hall–Kier alpha value is -2.07. The van der Waals surface area contributed by atoms with Crippen LogP contribution in [-0.2, 0) is 4.79 Å². The molecule has 1 atom stereocenters. The summed E-state index contributed by atoms with van der Waals surface area (Å²) in [4.78, 5) is 11.0. The number of hydrogen-bond acceptors (Lipinski definition) is 3. The highest BCUT2D eigenvalue weighted by atomic mass is 16.5. The minimum Gasteiger partial charge on any atom is -0.496 e. The number of fused-ring (bicyclic) bond motifs is 1. The molecule has 94 valence electrons. The van der Waals surface area contributed by atoms with Gasteiger partial charge < -0.3 is 16.2 Å². The van der Waals surface area contributed by atoms with E-state index in [1.807, 2.05) is 36.4 Å². The third-order valence-electron chi connectivity index (χ3n) is 2.96. The van der Waals surface area contributed by atoms with Crippen molar-refractivity contribution in [3.8, 4) is 5.75 Å². The molecule has 0 spiro atoms. The van der Waals surface area contributed by atoms with Gasteiger partial charge in [0.25, 0.3) is 0 Å². The van der Waals surface area contributed by atoms with Gasteiger partial charge in [-0.1, -0.05) is 30.3 Å². The van der Waals surface area contributed by atoms with Gasteiger partial charge in [-0.05, 0) is 17.0 Å². The molecule has 4 heteroatoms. The molecule has 4 nitrogen and oxygen atoms in total. The molecule has 0 saturated carbocycles. The smallest absolute Gasteiger partial charge is 0.219 e. The summed E-state index contributed by atoms with van der Waals surface area (Å²) < 4.78 is 5.31. The summed E-state index contributed by atoms with van der Waals surface area (Å²) in [5.74, 6) is 0.392. The lowest BCUT2D eigenvalue weighted by Gasteiger charge is -2.15. The van der Waals surface area contributed by atoms with E-state index in [0.717, 1.165) is 22.1 Å². The van der Waals surface area contributed by atoms with Crippen molar-refractivity contribution in [1.29, 1.82) is 0 Å². The average Bonchev–Trinajstić information content (AvgIpc) is 2.36. The quantitative estimate of drug-likeness (QED) is 0.859. The third-order valence-corrected chi connectivity index (χ3v) is 2.96. The van der Waals surface area contributed by atoms with E-state index in [9.17, 15) is 4.79 Å². The molecule has 0 saturated heterocycles. The highest BCUT2D eigenvalue weighted by Crippen LogP contribution is 2.31. The zero-order valence-electron chi connectivity index (χ0n) is 10.2. The molecule has 0 radical (unpaired) electrons. The predicted octanol–water partition coefficient (Wildman–Crippen LogP) is 1.72. The first-order valence-electron chi connectivity index (χ1n) is 5.73. The van der Waals surface area contributed by atoms with Crippen LogP contribution in [0.5, 0.6) is 5.75 Å². The maximum atomic E-state index is 11.0. The fourth-order valence-corrected chi connectivity index (χ4v) is 2.12. The fraction of sp³-hybridized carbons (Fsp3) is 0.214. The van der Waals surface area contributed by atoms with E-state index in [4.69, 9.17) is 16.2 Å². The highest BCUT2D eigenvalue weighted by molar-refractivity contribution is 5.91. The summed E-state index contributed by atoms with van der Waals surface area (Å²) in [6.45, 7) is 0. The van der Waals surface area contributed by atoms with Gasteiger partial charge >= 0.3 is 0 Å². The zero-order chi connectivity index (χ0) is 13.1. The lowest BCUT2D eigenvalue weighted by molar-refractivity contribution is -0.118. The standard InChI is InChI=1S/C14H16N2O2/c1-18-13-7-6-10(12(15)8-14(16)17)9-4-2-3-5-11(9)13/h2-7,12H,8,15H2,1H3,(H2,16,17)/t12-/m1/s1. The molecule has 0 aliphatic heterocycles. The Balaban J connectivity index is 2.55. The van der Waals surface area contributed by atoms with Crippen LogP contribution in [0.3, 0.4) is 0 Å². The number of ether oxygens (including phenoxy) is 1. The second-order valence-corrected chi connectivity index (χ2v) is 4.18. The van der Waals surface area contributed by atoms with Crippen LogP contribution in [-0.4, -0.2) is 13.0 Å². The van der Waals surface area contributed by atoms with Gasteiger partial charge in [-0.25, -0.2) is 0 Å². The molecule has 18 heavy (non-hydrogen) atoms. The molecule has 0 aromatic heterocycles. The van der Waals surface area contributed by atoms with E-state index in [-0.39, 0.29) is 6.42 Å². The van der Waals surface area contributed by atoms with Gasteiger partial charge in [0.1, 0.15) is 5.75 Å². The molecular formula is C14H16N2O2. The normalized spacial score (nSPS) is 12.3. The second kappa shape index (κ2) is 5.06. The first-order chi connectivity index (χ1) is 8.63. The Morgan fingerprint density at radius 1 is 1.22 bits per heavy atom. The molecule has 0 heterocycles. The van der Waals surface area contributed by atoms with Crippen molar-refractivity contribution in [3.05, 3.63) is 42.0 Å². The van der Waals surface area contributed by atoms with Crippen LogP contribution in [0.2, 0.25) is 0 Å². The van der Waals surface area contributed by atoms with Crippen molar-refractivity contribution < 1.29 is 9.53 Å². The first kappa shape index (κ1) is 12.4. The van der Waals surface area contributed by atoms with Crippen LogP contribution >= 0.6 is 0 Å². The molecule has 2 aromatic rings. The Kier molecular flexibility index (Phi) is 3.48. The monoisotopic (exact) mass is 244 g/mol. The van der Waals surface area contributed by atoms with E-state index in [0.29, 0.717) is 0 Å². The second-order valence-electron chi connectivity index (χ2n) is 4.18. The van der Waals surface area contributed by atoms with Crippen LogP contribution in [0, 0.1) is 0 Å². The van der Waals surface area contributed by atoms with Crippen molar-refractivity contribution in [2.24, 2.45) is 11.5 Å². The number of benzene rings is 2. The fourth-order valence-electron chi connectivity index (χ4n) is 2.12. The van der Waals surface area contributed by atoms with Crippen molar-refractivity contribution in [1.82, 2.24) is 0 Å². The molecule has 0 fully saturated rings. The van der Waals surface area contributed by atoms with Crippen LogP contribution in [0.4, 0.5) is 0 Å². The van der Waals surface area contributed by atoms with Crippen LogP contribution in [0.25, 0.3) is 10.8 Å². The van der Waals surface area contributed by atoms with Crippen molar-refractivity contribution >= 4 is 16.7 Å². The Morgan fingerprint density at radius 3 is 2.50 bits per heavy atom. The van der Waals surface area contributed by atoms with Crippen molar-refractivity contribution in [3.63, 3.8) is 0 Å². The molecule has 4 N–H and O–H groups in total. The topological polar surface area (TPSA) is 78.3 Å². The molecular weight excluding hydrogens is 228 g/mol. The van der Waals surface area contributed by atoms with Crippen LogP contribution in [0.1, 0.15) is 18.0 Å². The van der Waals surface area contributed by atoms with E-state index in [1.165, 1.54) is 0 Å². The van der Waals surface area contributed by atoms with Crippen molar-refractivity contribution in [2.75, 3.05) is 7.11 Å². The van der Waals surface area contributed by atoms with E-state index in [1.54, 1.807) is 7.11 Å². The number of rotatable bonds is 4. The number of primary amides is 1. The maximum Gasteiger partial charge on any atom is 0.219 e. The number of nitrogens with two attached hydrogens (primary N) is 2. The minimum atomic E-state index is -0.401. The SMILES string of the molecule is COc1ccc([C@H](N)CC(N)=O)c2ccccc12. The van der Waals surface area contributed by atoms with Gasteiger partial charge in [0.2, 0.25) is 5.91 Å². The van der Waals surface area contributed by atoms with E-state index < -0.39 is 11.9 Å². The summed E-state index contributed by atoms with van der Waals surface area (Å²) in [5, 5.41) is 1.98. The molecule has 1 amide bonds. The molecule has 0 aliphatic carbocycles. The summed E-state index contributed by atoms with van der Waals surface area (Å²) in [6, 6.07) is 11.2. The predicted molar refractivity (Wildman–Crippen MR) is 71.2 cm³/mol. The minimum absolute atomic E-state index is 0.135. The molecule has 2 rings (SSSR count). The largest absolute Gasteiger partial charge is 0.496 e. The molecule has 0 unspecified atom stereocenters. The molecule has 0 bridgehead atoms. The van der Waals surface area contributed by atoms with Gasteiger partial charge in [0, 0.05) is 17.8 Å². The summed E-state index contributed by atoms with van der Waals surface area (Å²) in [7, 11) is 1.63. The van der Waals surface area contributed by atoms with Gasteiger partial charge in [-0.15, -0.1) is 0 Å². The lowest BCUT2D eigenvalue weighted by Crippen LogP contribution is -2.20. The number of carbonyl (C=O) groups excluding carboxylic acids is 1. The van der Waals surface area contributed by atoms with Crippen molar-refractivity contribution in [2.45, 2.75) is 12.5 Å². The summed E-state index contributed by atoms with van der Waals surface area (Å²) in [5.41, 5.74) is 12.1. The van der Waals surface area contributed by atoms with Gasteiger partial charge in [-0.2, -0.15) is 0 Å². The van der Waals surface area contributed by atoms with E-state index >= 15 is 0 Å². The maximum absolute atomic E-state index is 11.0. The Morgan fingerprint density at radius 2 is 1.89 bits per heavy atom. The van der Waals surface area contributed by atoms with Gasteiger partial charge in [0.15, 0.2) is 0 Å². The zero-order valence-corrected chi connectivity index (χ0v) is 10.2. The Bertz CT molecular complexity index is 581. The van der Waals surface area contributed by atoms with Gasteiger partial charge in [-0.3, -0.25) is 4.79 Å². The Labute approximate surface area is 106 Å². The molecule has 0 aliphatic rings. The average molecular weight is 244 g/mol. The van der Waals surface area contributed by atoms with Crippen LogP contribution < -0.4 is 16.2 Å². The lowest BCUT2D eigenvalue weighted by atomic mass is 9.96. The number of hydrogen-bond donors (Lipinski definition) is 2. The number of amides is 1. The summed E-state index contributed by atoms with van der Waals surface area (Å²) >= 11 is 0. The van der Waals surface area contributed by atoms with Crippen LogP contribution in [0.15, 0.2) is 36.4 Å². The third kappa shape index (κ3) is 2.28. The number of methoxy groups -OCH3 is 1.